The van der Waals surface area contributed by atoms with Crippen LogP contribution in [0.4, 0.5) is 5.69 Å². The number of esters is 1. The van der Waals surface area contributed by atoms with Gasteiger partial charge in [-0.05, 0) is 39.0 Å². The summed E-state index contributed by atoms with van der Waals surface area (Å²) in [5.74, 6) is 0.303. The molecule has 0 aromatic heterocycles. The van der Waals surface area contributed by atoms with Crippen molar-refractivity contribution in [2.45, 2.75) is 26.4 Å². The Kier molecular flexibility index (Phi) is 4.36. The van der Waals surface area contributed by atoms with Crippen molar-refractivity contribution in [2.24, 2.45) is 0 Å². The molecule has 1 aliphatic heterocycles. The van der Waals surface area contributed by atoms with E-state index in [0.29, 0.717) is 17.9 Å². The van der Waals surface area contributed by atoms with E-state index >= 15 is 0 Å². The first-order valence-electron chi connectivity index (χ1n) is 6.93. The van der Waals surface area contributed by atoms with Crippen molar-refractivity contribution in [1.29, 1.82) is 0 Å². The molecule has 0 saturated heterocycles. The van der Waals surface area contributed by atoms with Gasteiger partial charge >= 0.3 is 5.97 Å². The number of benzene rings is 1. The van der Waals surface area contributed by atoms with Crippen LogP contribution in [0.2, 0.25) is 0 Å². The number of nitrogens with zero attached hydrogens (tertiary/aromatic N) is 1. The molecule has 21 heavy (non-hydrogen) atoms. The minimum absolute atomic E-state index is 0.348. The van der Waals surface area contributed by atoms with E-state index in [2.05, 4.69) is 0 Å². The Morgan fingerprint density at radius 1 is 1.24 bits per heavy atom. The Morgan fingerprint density at radius 2 is 2.00 bits per heavy atom. The monoisotopic (exact) mass is 287 g/mol. The molecule has 0 unspecified atom stereocenters. The number of methoxy groups -OCH3 is 1. The van der Waals surface area contributed by atoms with Gasteiger partial charge in [0, 0.05) is 12.7 Å². The molecule has 1 heterocycles. The number of para-hydroxylation sites is 1. The fourth-order valence-electron chi connectivity index (χ4n) is 2.11. The Morgan fingerprint density at radius 3 is 2.57 bits per heavy atom. The van der Waals surface area contributed by atoms with Crippen molar-refractivity contribution in [1.82, 2.24) is 0 Å². The summed E-state index contributed by atoms with van der Waals surface area (Å²) in [6.45, 7) is 6.25. The van der Waals surface area contributed by atoms with E-state index in [-0.39, 0.29) is 5.97 Å². The topological polar surface area (TPSA) is 38.8 Å². The van der Waals surface area contributed by atoms with Crippen molar-refractivity contribution < 1.29 is 14.3 Å². The minimum atomic E-state index is -0.533. The van der Waals surface area contributed by atoms with E-state index in [1.807, 2.05) is 56.2 Å². The van der Waals surface area contributed by atoms with E-state index in [1.54, 1.807) is 19.2 Å². The third-order valence-corrected chi connectivity index (χ3v) is 2.94. The lowest BCUT2D eigenvalue weighted by Crippen LogP contribution is -2.26. The molecular formula is C17H21NO3. The van der Waals surface area contributed by atoms with Gasteiger partial charge in [0.15, 0.2) is 0 Å². The molecule has 112 valence electrons. The largest absolute Gasteiger partial charge is 0.495 e. The van der Waals surface area contributed by atoms with Crippen molar-refractivity contribution in [3.63, 3.8) is 0 Å². The number of hydrogen-bond acceptors (Lipinski definition) is 4. The molecule has 0 N–H and O–H groups in total. The van der Waals surface area contributed by atoms with Crippen LogP contribution in [0.1, 0.15) is 31.1 Å². The molecule has 1 aliphatic rings. The normalized spacial score (nSPS) is 14.2. The van der Waals surface area contributed by atoms with E-state index in [9.17, 15) is 4.79 Å². The lowest BCUT2D eigenvalue weighted by atomic mass is 10.1. The quantitative estimate of drug-likeness (QED) is 0.797. The molecule has 1 aromatic carbocycles. The Bertz CT molecular complexity index is 582. The average molecular weight is 287 g/mol. The predicted octanol–water partition coefficient (Wildman–Crippen LogP) is 3.54. The van der Waals surface area contributed by atoms with Crippen LogP contribution in [0.15, 0.2) is 42.6 Å². The van der Waals surface area contributed by atoms with Crippen molar-refractivity contribution >= 4 is 11.7 Å². The fourth-order valence-corrected chi connectivity index (χ4v) is 2.11. The van der Waals surface area contributed by atoms with Crippen LogP contribution in [0, 0.1) is 0 Å². The van der Waals surface area contributed by atoms with Crippen molar-refractivity contribution in [3.8, 4) is 5.75 Å². The standard InChI is InChI=1S/C17H21NO3/c1-17(2,3)21-16(19)13-9-8-10-14(20-4)15(13)18-11-6-5-7-12-18/h5-11H,12H2,1-4H3. The highest BCUT2D eigenvalue weighted by Gasteiger charge is 2.24. The number of allylic oxidation sites excluding steroid dienone is 2. The van der Waals surface area contributed by atoms with Crippen LogP contribution in [0.25, 0.3) is 0 Å². The molecule has 0 radical (unpaired) electrons. The smallest absolute Gasteiger partial charge is 0.340 e. The maximum Gasteiger partial charge on any atom is 0.340 e. The molecule has 1 aromatic rings. The first kappa shape index (κ1) is 15.2. The number of ether oxygens (including phenoxy) is 2. The fraction of sp³-hybridized carbons (Fsp3) is 0.353. The second kappa shape index (κ2) is 6.04. The molecule has 0 bridgehead atoms. The van der Waals surface area contributed by atoms with Crippen LogP contribution >= 0.6 is 0 Å². The van der Waals surface area contributed by atoms with Gasteiger partial charge in [0.2, 0.25) is 0 Å². The Hall–Kier alpha value is -2.23. The third kappa shape index (κ3) is 3.66. The number of anilines is 1. The molecular weight excluding hydrogens is 266 g/mol. The second-order valence-electron chi connectivity index (χ2n) is 5.78. The van der Waals surface area contributed by atoms with E-state index < -0.39 is 5.60 Å². The van der Waals surface area contributed by atoms with Crippen LogP contribution < -0.4 is 9.64 Å². The van der Waals surface area contributed by atoms with Gasteiger partial charge in [0.25, 0.3) is 0 Å². The van der Waals surface area contributed by atoms with Crippen LogP contribution in [-0.4, -0.2) is 25.2 Å². The Balaban J connectivity index is 2.43. The zero-order valence-electron chi connectivity index (χ0n) is 12.9. The lowest BCUT2D eigenvalue weighted by Gasteiger charge is -2.26. The molecule has 0 fully saturated rings. The maximum atomic E-state index is 12.4. The number of carbonyl (C=O) groups is 1. The van der Waals surface area contributed by atoms with Gasteiger partial charge in [0.1, 0.15) is 11.4 Å². The third-order valence-electron chi connectivity index (χ3n) is 2.94. The SMILES string of the molecule is COc1cccc(C(=O)OC(C)(C)C)c1N1C=CC=CC1. The summed E-state index contributed by atoms with van der Waals surface area (Å²) in [6.07, 6.45) is 7.84. The predicted molar refractivity (Wildman–Crippen MR) is 83.8 cm³/mol. The van der Waals surface area contributed by atoms with Gasteiger partial charge in [-0.2, -0.15) is 0 Å². The highest BCUT2D eigenvalue weighted by atomic mass is 16.6. The maximum absolute atomic E-state index is 12.4. The van der Waals surface area contributed by atoms with Gasteiger partial charge in [-0.3, -0.25) is 0 Å². The molecule has 4 heteroatoms. The minimum Gasteiger partial charge on any atom is -0.495 e. The molecule has 4 nitrogen and oxygen atoms in total. The molecule has 0 amide bonds. The molecule has 0 atom stereocenters. The summed E-state index contributed by atoms with van der Waals surface area (Å²) >= 11 is 0. The highest BCUT2D eigenvalue weighted by Crippen LogP contribution is 2.34. The first-order valence-corrected chi connectivity index (χ1v) is 6.93. The summed E-state index contributed by atoms with van der Waals surface area (Å²) in [4.78, 5) is 14.4. The average Bonchev–Trinajstić information content (AvgIpc) is 2.45. The van der Waals surface area contributed by atoms with E-state index in [0.717, 1.165) is 5.69 Å². The summed E-state index contributed by atoms with van der Waals surface area (Å²) in [5.41, 5.74) is 0.703. The first-order chi connectivity index (χ1) is 9.92. The van der Waals surface area contributed by atoms with Crippen LogP contribution in [-0.2, 0) is 4.74 Å². The number of rotatable bonds is 3. The highest BCUT2D eigenvalue weighted by molar-refractivity contribution is 5.98. The lowest BCUT2D eigenvalue weighted by molar-refractivity contribution is 0.00701. The molecule has 2 rings (SSSR count). The number of hydrogen-bond donors (Lipinski definition) is 0. The molecule has 0 aliphatic carbocycles. The van der Waals surface area contributed by atoms with Gasteiger partial charge in [-0.25, -0.2) is 4.79 Å². The summed E-state index contributed by atoms with van der Waals surface area (Å²) in [7, 11) is 1.60. The van der Waals surface area contributed by atoms with Gasteiger partial charge < -0.3 is 14.4 Å². The van der Waals surface area contributed by atoms with E-state index in [1.165, 1.54) is 0 Å². The summed E-state index contributed by atoms with van der Waals surface area (Å²) in [5, 5.41) is 0. The zero-order chi connectivity index (χ0) is 15.5. The van der Waals surface area contributed by atoms with Crippen LogP contribution in [0.5, 0.6) is 5.75 Å². The van der Waals surface area contributed by atoms with Crippen molar-refractivity contribution in [3.05, 3.63) is 48.2 Å². The second-order valence-corrected chi connectivity index (χ2v) is 5.78. The molecule has 0 saturated carbocycles. The van der Waals surface area contributed by atoms with Gasteiger partial charge in [-0.15, -0.1) is 0 Å². The Labute approximate surface area is 125 Å². The van der Waals surface area contributed by atoms with Crippen molar-refractivity contribution in [2.75, 3.05) is 18.6 Å². The summed E-state index contributed by atoms with van der Waals surface area (Å²) < 4.78 is 10.9. The van der Waals surface area contributed by atoms with Gasteiger partial charge in [-0.1, -0.05) is 18.2 Å². The van der Waals surface area contributed by atoms with Gasteiger partial charge in [0.05, 0.1) is 18.4 Å². The van der Waals surface area contributed by atoms with Crippen LogP contribution in [0.3, 0.4) is 0 Å². The van der Waals surface area contributed by atoms with E-state index in [4.69, 9.17) is 9.47 Å². The zero-order valence-corrected chi connectivity index (χ0v) is 12.9. The molecule has 0 spiro atoms. The summed E-state index contributed by atoms with van der Waals surface area (Å²) in [6, 6.07) is 5.40. The number of carbonyl (C=O) groups excluding carboxylic acids is 1.